The van der Waals surface area contributed by atoms with Crippen LogP contribution in [0.2, 0.25) is 0 Å². The zero-order valence-corrected chi connectivity index (χ0v) is 8.55. The van der Waals surface area contributed by atoms with E-state index in [4.69, 9.17) is 5.73 Å². The van der Waals surface area contributed by atoms with Crippen molar-refractivity contribution in [2.45, 2.75) is 39.2 Å². The van der Waals surface area contributed by atoms with Crippen LogP contribution < -0.4 is 11.1 Å². The van der Waals surface area contributed by atoms with Crippen LogP contribution in [0.5, 0.6) is 0 Å². The van der Waals surface area contributed by atoms with Crippen molar-refractivity contribution < 1.29 is 4.79 Å². The monoisotopic (exact) mass is 184 g/mol. The molecule has 0 saturated heterocycles. The lowest BCUT2D eigenvalue weighted by Crippen LogP contribution is -2.36. The van der Waals surface area contributed by atoms with Gasteiger partial charge in [-0.1, -0.05) is 20.3 Å². The van der Waals surface area contributed by atoms with Crippen molar-refractivity contribution in [2.75, 3.05) is 6.54 Å². The first kappa shape index (κ1) is 10.5. The molecule has 0 aliphatic heterocycles. The van der Waals surface area contributed by atoms with Gasteiger partial charge in [-0.3, -0.25) is 4.79 Å². The maximum absolute atomic E-state index is 11.6. The molecule has 1 aliphatic rings. The molecule has 3 unspecified atom stereocenters. The second kappa shape index (κ2) is 4.61. The van der Waals surface area contributed by atoms with Gasteiger partial charge in [-0.15, -0.1) is 0 Å². The fraction of sp³-hybridized carbons (Fsp3) is 0.900. The van der Waals surface area contributed by atoms with Crippen molar-refractivity contribution in [3.05, 3.63) is 0 Å². The van der Waals surface area contributed by atoms with Gasteiger partial charge in [0.1, 0.15) is 0 Å². The average molecular weight is 184 g/mol. The summed E-state index contributed by atoms with van der Waals surface area (Å²) in [6, 6.07) is 0.429. The third kappa shape index (κ3) is 2.99. The van der Waals surface area contributed by atoms with E-state index < -0.39 is 0 Å². The van der Waals surface area contributed by atoms with E-state index in [-0.39, 0.29) is 11.8 Å². The number of rotatable bonds is 5. The summed E-state index contributed by atoms with van der Waals surface area (Å²) in [5.74, 6) is 0.848. The SMILES string of the molecule is CCCC(CN)C(=O)NC1CC1C. The number of carbonyl (C=O) groups excluding carboxylic acids is 1. The zero-order valence-electron chi connectivity index (χ0n) is 8.55. The van der Waals surface area contributed by atoms with Crippen LogP contribution in [-0.2, 0) is 4.79 Å². The smallest absolute Gasteiger partial charge is 0.224 e. The van der Waals surface area contributed by atoms with Gasteiger partial charge in [0.05, 0.1) is 5.92 Å². The average Bonchev–Trinajstić information content (AvgIpc) is 2.77. The van der Waals surface area contributed by atoms with E-state index >= 15 is 0 Å². The molecule has 0 heterocycles. The van der Waals surface area contributed by atoms with E-state index in [0.717, 1.165) is 19.3 Å². The number of hydrogen-bond donors (Lipinski definition) is 2. The lowest BCUT2D eigenvalue weighted by molar-refractivity contribution is -0.125. The maximum Gasteiger partial charge on any atom is 0.224 e. The molecule has 1 aliphatic carbocycles. The molecule has 3 N–H and O–H groups in total. The molecule has 1 fully saturated rings. The summed E-state index contributed by atoms with van der Waals surface area (Å²) >= 11 is 0. The fourth-order valence-corrected chi connectivity index (χ4v) is 1.53. The van der Waals surface area contributed by atoms with Gasteiger partial charge in [0.2, 0.25) is 5.91 Å². The van der Waals surface area contributed by atoms with Crippen molar-refractivity contribution in [1.82, 2.24) is 5.32 Å². The summed E-state index contributed by atoms with van der Waals surface area (Å²) in [4.78, 5) is 11.6. The lowest BCUT2D eigenvalue weighted by atomic mass is 10.0. The number of amides is 1. The van der Waals surface area contributed by atoms with Crippen LogP contribution in [0.3, 0.4) is 0 Å². The summed E-state index contributed by atoms with van der Waals surface area (Å²) < 4.78 is 0. The van der Waals surface area contributed by atoms with Gasteiger partial charge < -0.3 is 11.1 Å². The largest absolute Gasteiger partial charge is 0.353 e. The maximum atomic E-state index is 11.6. The van der Waals surface area contributed by atoms with Crippen molar-refractivity contribution >= 4 is 5.91 Å². The Kier molecular flexibility index (Phi) is 3.72. The molecule has 13 heavy (non-hydrogen) atoms. The van der Waals surface area contributed by atoms with Crippen LogP contribution in [0.4, 0.5) is 0 Å². The molecule has 3 nitrogen and oxygen atoms in total. The Morgan fingerprint density at radius 1 is 1.69 bits per heavy atom. The normalized spacial score (nSPS) is 28.2. The summed E-state index contributed by atoms with van der Waals surface area (Å²) in [5, 5.41) is 3.02. The Hall–Kier alpha value is -0.570. The van der Waals surface area contributed by atoms with Crippen molar-refractivity contribution in [3.63, 3.8) is 0 Å². The van der Waals surface area contributed by atoms with Gasteiger partial charge >= 0.3 is 0 Å². The second-order valence-corrected chi connectivity index (χ2v) is 4.05. The van der Waals surface area contributed by atoms with Crippen molar-refractivity contribution in [1.29, 1.82) is 0 Å². The predicted octanol–water partition coefficient (Wildman–Crippen LogP) is 0.886. The molecule has 0 aromatic heterocycles. The Morgan fingerprint density at radius 2 is 2.31 bits per heavy atom. The molecular formula is C10H20N2O. The summed E-state index contributed by atoms with van der Waals surface area (Å²) in [6.45, 7) is 4.71. The predicted molar refractivity (Wildman–Crippen MR) is 53.2 cm³/mol. The van der Waals surface area contributed by atoms with Gasteiger partial charge in [0, 0.05) is 12.6 Å². The molecule has 3 heteroatoms. The molecule has 0 aromatic carbocycles. The molecule has 0 radical (unpaired) electrons. The molecule has 0 spiro atoms. The van der Waals surface area contributed by atoms with Gasteiger partial charge in [-0.25, -0.2) is 0 Å². The minimum Gasteiger partial charge on any atom is -0.353 e. The highest BCUT2D eigenvalue weighted by Gasteiger charge is 2.34. The Bertz CT molecular complexity index is 182. The summed E-state index contributed by atoms with van der Waals surface area (Å²) in [7, 11) is 0. The van der Waals surface area contributed by atoms with Gasteiger partial charge in [0.25, 0.3) is 0 Å². The lowest BCUT2D eigenvalue weighted by Gasteiger charge is -2.13. The van der Waals surface area contributed by atoms with E-state index in [0.29, 0.717) is 18.5 Å². The van der Waals surface area contributed by atoms with Crippen LogP contribution in [-0.4, -0.2) is 18.5 Å². The number of hydrogen-bond acceptors (Lipinski definition) is 2. The highest BCUT2D eigenvalue weighted by atomic mass is 16.2. The minimum absolute atomic E-state index is 0.0257. The van der Waals surface area contributed by atoms with E-state index in [1.807, 2.05) is 0 Å². The van der Waals surface area contributed by atoms with E-state index in [2.05, 4.69) is 19.2 Å². The van der Waals surface area contributed by atoms with Crippen LogP contribution >= 0.6 is 0 Å². The highest BCUT2D eigenvalue weighted by Crippen LogP contribution is 2.29. The van der Waals surface area contributed by atoms with Crippen LogP contribution in [0.25, 0.3) is 0 Å². The summed E-state index contributed by atoms with van der Waals surface area (Å²) in [5.41, 5.74) is 5.53. The van der Waals surface area contributed by atoms with Crippen molar-refractivity contribution in [3.8, 4) is 0 Å². The Morgan fingerprint density at radius 3 is 2.69 bits per heavy atom. The zero-order chi connectivity index (χ0) is 9.84. The minimum atomic E-state index is 0.0257. The quantitative estimate of drug-likeness (QED) is 0.666. The fourth-order valence-electron chi connectivity index (χ4n) is 1.53. The molecule has 1 amide bonds. The highest BCUT2D eigenvalue weighted by molar-refractivity contribution is 5.79. The number of carbonyl (C=O) groups is 1. The number of nitrogens with two attached hydrogens (primary N) is 1. The molecular weight excluding hydrogens is 164 g/mol. The van der Waals surface area contributed by atoms with Gasteiger partial charge in [-0.05, 0) is 18.8 Å². The first-order valence-electron chi connectivity index (χ1n) is 5.19. The third-order valence-electron chi connectivity index (χ3n) is 2.73. The molecule has 3 atom stereocenters. The molecule has 76 valence electrons. The second-order valence-electron chi connectivity index (χ2n) is 4.05. The van der Waals surface area contributed by atoms with E-state index in [9.17, 15) is 4.79 Å². The molecule has 0 bridgehead atoms. The van der Waals surface area contributed by atoms with Crippen LogP contribution in [0.1, 0.15) is 33.1 Å². The van der Waals surface area contributed by atoms with Crippen molar-refractivity contribution in [2.24, 2.45) is 17.6 Å². The van der Waals surface area contributed by atoms with Gasteiger partial charge in [-0.2, -0.15) is 0 Å². The molecule has 1 rings (SSSR count). The molecule has 1 saturated carbocycles. The Labute approximate surface area is 80.1 Å². The summed E-state index contributed by atoms with van der Waals surface area (Å²) in [6.07, 6.45) is 3.06. The first-order valence-corrected chi connectivity index (χ1v) is 5.19. The Balaban J connectivity index is 2.27. The van der Waals surface area contributed by atoms with E-state index in [1.165, 1.54) is 0 Å². The van der Waals surface area contributed by atoms with E-state index in [1.54, 1.807) is 0 Å². The topological polar surface area (TPSA) is 55.1 Å². The third-order valence-corrected chi connectivity index (χ3v) is 2.73. The van der Waals surface area contributed by atoms with Crippen LogP contribution in [0, 0.1) is 11.8 Å². The number of nitrogens with one attached hydrogen (secondary N) is 1. The standard InChI is InChI=1S/C10H20N2O/c1-3-4-8(6-11)10(13)12-9-5-7(9)2/h7-9H,3-6,11H2,1-2H3,(H,12,13). The van der Waals surface area contributed by atoms with Gasteiger partial charge in [0.15, 0.2) is 0 Å². The molecule has 0 aromatic rings. The van der Waals surface area contributed by atoms with Crippen LogP contribution in [0.15, 0.2) is 0 Å². The first-order chi connectivity index (χ1) is 6.19.